The van der Waals surface area contributed by atoms with Crippen molar-refractivity contribution in [2.24, 2.45) is 0 Å². The van der Waals surface area contributed by atoms with Crippen LogP contribution in [0.2, 0.25) is 0 Å². The van der Waals surface area contributed by atoms with Crippen molar-refractivity contribution < 1.29 is 14.7 Å². The van der Waals surface area contributed by atoms with Crippen molar-refractivity contribution in [1.82, 2.24) is 10.2 Å². The third-order valence-electron chi connectivity index (χ3n) is 3.55. The van der Waals surface area contributed by atoms with E-state index in [1.807, 2.05) is 13.0 Å². The summed E-state index contributed by atoms with van der Waals surface area (Å²) in [5, 5.41) is 11.5. The molecule has 0 spiro atoms. The minimum atomic E-state index is -0.473. The van der Waals surface area contributed by atoms with E-state index < -0.39 is 6.04 Å². The number of benzene rings is 1. The quantitative estimate of drug-likeness (QED) is 0.730. The molecule has 0 saturated carbocycles. The maximum Gasteiger partial charge on any atom is 0.254 e. The molecule has 1 aromatic carbocycles. The molecule has 0 radical (unpaired) electrons. The smallest absolute Gasteiger partial charge is 0.254 e. The van der Waals surface area contributed by atoms with Crippen LogP contribution >= 0.6 is 0 Å². The van der Waals surface area contributed by atoms with Gasteiger partial charge in [0.15, 0.2) is 0 Å². The molecule has 2 N–H and O–H groups in total. The molecule has 2 rings (SSSR count). The van der Waals surface area contributed by atoms with Crippen LogP contribution in [0.4, 0.5) is 0 Å². The molecule has 0 bridgehead atoms. The monoisotopic (exact) mass is 286 g/mol. The number of nitrogens with zero attached hydrogens (tertiary/aromatic N) is 1. The number of carbonyl (C=O) groups is 2. The maximum absolute atomic E-state index is 12.5. The second kappa shape index (κ2) is 6.42. The topological polar surface area (TPSA) is 69.6 Å². The second-order valence-electron chi connectivity index (χ2n) is 4.96. The lowest BCUT2D eigenvalue weighted by molar-refractivity contribution is -0.127. The summed E-state index contributed by atoms with van der Waals surface area (Å²) in [5.74, 6) is 5.10. The number of hydrogen-bond donors (Lipinski definition) is 2. The van der Waals surface area contributed by atoms with Crippen LogP contribution in [0, 0.1) is 18.8 Å². The highest BCUT2D eigenvalue weighted by Gasteiger charge is 2.29. The molecule has 1 heterocycles. The van der Waals surface area contributed by atoms with Crippen LogP contribution in [0.15, 0.2) is 18.2 Å². The van der Waals surface area contributed by atoms with E-state index in [9.17, 15) is 9.59 Å². The van der Waals surface area contributed by atoms with E-state index in [0.717, 1.165) is 5.56 Å². The maximum atomic E-state index is 12.5. The van der Waals surface area contributed by atoms with Crippen LogP contribution in [-0.2, 0) is 4.79 Å². The first-order valence-corrected chi connectivity index (χ1v) is 6.83. The third-order valence-corrected chi connectivity index (χ3v) is 3.55. The van der Waals surface area contributed by atoms with Gasteiger partial charge in [0.1, 0.15) is 12.6 Å². The van der Waals surface area contributed by atoms with E-state index >= 15 is 0 Å². The Labute approximate surface area is 124 Å². The number of carbonyl (C=O) groups excluding carboxylic acids is 2. The Morgan fingerprint density at radius 1 is 1.52 bits per heavy atom. The largest absolute Gasteiger partial charge is 0.384 e. The Morgan fingerprint density at radius 2 is 2.29 bits per heavy atom. The first-order valence-electron chi connectivity index (χ1n) is 6.83. The van der Waals surface area contributed by atoms with Crippen molar-refractivity contribution in [3.05, 3.63) is 34.9 Å². The van der Waals surface area contributed by atoms with Crippen LogP contribution in [0.5, 0.6) is 0 Å². The number of piperazine rings is 1. The van der Waals surface area contributed by atoms with Crippen molar-refractivity contribution >= 4 is 11.8 Å². The van der Waals surface area contributed by atoms with Crippen LogP contribution in [0.1, 0.15) is 28.4 Å². The molecule has 110 valence electrons. The molecule has 1 unspecified atom stereocenters. The third kappa shape index (κ3) is 3.23. The average molecular weight is 286 g/mol. The summed E-state index contributed by atoms with van der Waals surface area (Å²) in [6.45, 7) is 4.36. The van der Waals surface area contributed by atoms with Gasteiger partial charge in [0.25, 0.3) is 5.91 Å². The number of amides is 2. The van der Waals surface area contributed by atoms with E-state index in [-0.39, 0.29) is 18.4 Å². The van der Waals surface area contributed by atoms with E-state index in [1.54, 1.807) is 24.0 Å². The summed E-state index contributed by atoms with van der Waals surface area (Å²) in [7, 11) is 0. The summed E-state index contributed by atoms with van der Waals surface area (Å²) >= 11 is 0. The van der Waals surface area contributed by atoms with Gasteiger partial charge >= 0.3 is 0 Å². The molecule has 21 heavy (non-hydrogen) atoms. The number of nitrogens with one attached hydrogen (secondary N) is 1. The van der Waals surface area contributed by atoms with Crippen molar-refractivity contribution in [3.63, 3.8) is 0 Å². The Hall–Kier alpha value is -2.32. The lowest BCUT2D eigenvalue weighted by Gasteiger charge is -2.32. The zero-order valence-electron chi connectivity index (χ0n) is 12.1. The molecule has 1 atom stereocenters. The van der Waals surface area contributed by atoms with Gasteiger partial charge in [-0.3, -0.25) is 9.59 Å². The average Bonchev–Trinajstić information content (AvgIpc) is 2.48. The van der Waals surface area contributed by atoms with Gasteiger partial charge in [-0.15, -0.1) is 0 Å². The molecular weight excluding hydrogens is 268 g/mol. The van der Waals surface area contributed by atoms with Crippen molar-refractivity contribution in [1.29, 1.82) is 0 Å². The molecule has 1 saturated heterocycles. The highest BCUT2D eigenvalue weighted by atomic mass is 16.2. The zero-order valence-corrected chi connectivity index (χ0v) is 12.1. The fraction of sp³-hybridized carbons (Fsp3) is 0.375. The fourth-order valence-corrected chi connectivity index (χ4v) is 2.25. The van der Waals surface area contributed by atoms with Gasteiger partial charge in [0.2, 0.25) is 5.91 Å². The Bertz CT molecular complexity index is 628. The highest BCUT2D eigenvalue weighted by Crippen LogP contribution is 2.15. The van der Waals surface area contributed by atoms with Crippen molar-refractivity contribution in [2.75, 3.05) is 19.7 Å². The van der Waals surface area contributed by atoms with Crippen molar-refractivity contribution in [2.45, 2.75) is 19.9 Å². The predicted octanol–water partition coefficient (Wildman–Crippen LogP) is 0.299. The normalized spacial score (nSPS) is 17.8. The summed E-state index contributed by atoms with van der Waals surface area (Å²) in [5.41, 5.74) is 2.16. The lowest BCUT2D eigenvalue weighted by Crippen LogP contribution is -2.55. The lowest BCUT2D eigenvalue weighted by atomic mass is 10.0. The second-order valence-corrected chi connectivity index (χ2v) is 4.96. The molecule has 1 fully saturated rings. The number of aliphatic hydroxyl groups is 1. The molecular formula is C16H18N2O3. The first kappa shape index (κ1) is 15.1. The zero-order chi connectivity index (χ0) is 15.4. The molecule has 5 heteroatoms. The number of aryl methyl sites for hydroxylation is 1. The van der Waals surface area contributed by atoms with Crippen molar-refractivity contribution in [3.8, 4) is 11.8 Å². The van der Waals surface area contributed by atoms with Crippen LogP contribution < -0.4 is 5.32 Å². The highest BCUT2D eigenvalue weighted by molar-refractivity contribution is 5.98. The van der Waals surface area contributed by atoms with Crippen LogP contribution in [0.3, 0.4) is 0 Å². The molecule has 1 aliphatic heterocycles. The predicted molar refractivity (Wildman–Crippen MR) is 78.7 cm³/mol. The standard InChI is InChI=1S/C16H18N2O3/c1-11-5-6-14(10-13(11)4-3-9-19)16(21)18-8-7-17-15(20)12(18)2/h5-6,10,12,19H,7-9H2,1-2H3,(H,17,20). The van der Waals surface area contributed by atoms with Crippen LogP contribution in [0.25, 0.3) is 0 Å². The summed E-state index contributed by atoms with van der Waals surface area (Å²) in [6.07, 6.45) is 0. The van der Waals surface area contributed by atoms with E-state index in [1.165, 1.54) is 0 Å². The SMILES string of the molecule is Cc1ccc(C(=O)N2CCNC(=O)C2C)cc1C#CCO. The molecule has 1 aromatic rings. The van der Waals surface area contributed by atoms with Gasteiger partial charge in [-0.05, 0) is 31.5 Å². The van der Waals surface area contributed by atoms with Gasteiger partial charge in [0, 0.05) is 24.2 Å². The van der Waals surface area contributed by atoms with Gasteiger partial charge < -0.3 is 15.3 Å². The fourth-order valence-electron chi connectivity index (χ4n) is 2.25. The number of hydrogen-bond acceptors (Lipinski definition) is 3. The molecule has 1 aliphatic rings. The van der Waals surface area contributed by atoms with Gasteiger partial charge in [-0.2, -0.15) is 0 Å². The molecule has 0 aliphatic carbocycles. The molecule has 5 nitrogen and oxygen atoms in total. The summed E-state index contributed by atoms with van der Waals surface area (Å²) in [4.78, 5) is 25.8. The molecule has 2 amide bonds. The number of aliphatic hydroxyl groups excluding tert-OH is 1. The van der Waals surface area contributed by atoms with E-state index in [2.05, 4.69) is 17.2 Å². The first-order chi connectivity index (χ1) is 10.0. The van der Waals surface area contributed by atoms with E-state index in [0.29, 0.717) is 24.2 Å². The summed E-state index contributed by atoms with van der Waals surface area (Å²) in [6, 6.07) is 4.80. The number of rotatable bonds is 1. The van der Waals surface area contributed by atoms with Gasteiger partial charge in [-0.1, -0.05) is 17.9 Å². The Balaban J connectivity index is 2.29. The van der Waals surface area contributed by atoms with Gasteiger partial charge in [-0.25, -0.2) is 0 Å². The minimum absolute atomic E-state index is 0.137. The minimum Gasteiger partial charge on any atom is -0.384 e. The Morgan fingerprint density at radius 3 is 3.00 bits per heavy atom. The van der Waals surface area contributed by atoms with E-state index in [4.69, 9.17) is 5.11 Å². The molecule has 0 aromatic heterocycles. The van der Waals surface area contributed by atoms with Crippen LogP contribution in [-0.4, -0.2) is 47.6 Å². The Kier molecular flexibility index (Phi) is 4.61. The summed E-state index contributed by atoms with van der Waals surface area (Å²) < 4.78 is 0. The van der Waals surface area contributed by atoms with Gasteiger partial charge in [0.05, 0.1) is 0 Å².